The molecule has 0 unspecified atom stereocenters. The predicted molar refractivity (Wildman–Crippen MR) is 152 cm³/mol. The van der Waals surface area contributed by atoms with E-state index in [1.165, 1.54) is 7.11 Å². The minimum Gasteiger partial charge on any atom is -0.468 e. The molecule has 41 heavy (non-hydrogen) atoms. The minimum atomic E-state index is -1.16. The van der Waals surface area contributed by atoms with Crippen LogP contribution in [0, 0.1) is 23.2 Å². The van der Waals surface area contributed by atoms with E-state index >= 15 is 0 Å². The van der Waals surface area contributed by atoms with Gasteiger partial charge in [0.2, 0.25) is 17.7 Å². The third kappa shape index (κ3) is 6.05. The van der Waals surface area contributed by atoms with E-state index in [9.17, 15) is 19.2 Å². The van der Waals surface area contributed by atoms with E-state index in [2.05, 4.69) is 19.2 Å². The Morgan fingerprint density at radius 2 is 1.93 bits per heavy atom. The largest absolute Gasteiger partial charge is 0.468 e. The van der Waals surface area contributed by atoms with Gasteiger partial charge in [0.15, 0.2) is 0 Å². The average molecular weight is 566 g/mol. The number of carbonyl (C=O) groups is 4. The van der Waals surface area contributed by atoms with Gasteiger partial charge in [-0.3, -0.25) is 19.2 Å². The van der Waals surface area contributed by atoms with Crippen LogP contribution in [0.3, 0.4) is 0 Å². The third-order valence-corrected chi connectivity index (χ3v) is 9.01. The molecule has 3 aliphatic heterocycles. The maximum Gasteiger partial charge on any atom is 0.320 e. The Morgan fingerprint density at radius 1 is 1.17 bits per heavy atom. The molecule has 0 radical (unpaired) electrons. The minimum absolute atomic E-state index is 0.0240. The van der Waals surface area contributed by atoms with Gasteiger partial charge in [0, 0.05) is 44.1 Å². The number of esters is 1. The van der Waals surface area contributed by atoms with Crippen LogP contribution in [-0.4, -0.2) is 72.4 Å². The lowest BCUT2D eigenvalue weighted by Crippen LogP contribution is -2.61. The Morgan fingerprint density at radius 3 is 2.56 bits per heavy atom. The molecule has 9 nitrogen and oxygen atoms in total. The number of benzene rings is 1. The highest BCUT2D eigenvalue weighted by Crippen LogP contribution is 2.56. The maximum absolute atomic E-state index is 14.2. The Labute approximate surface area is 242 Å². The number of piperidine rings is 1. The van der Waals surface area contributed by atoms with Gasteiger partial charge in [-0.15, -0.1) is 0 Å². The summed E-state index contributed by atoms with van der Waals surface area (Å²) < 4.78 is 12.1. The summed E-state index contributed by atoms with van der Waals surface area (Å²) in [4.78, 5) is 56.5. The lowest BCUT2D eigenvalue weighted by atomic mass is 9.64. The molecule has 9 heteroatoms. The van der Waals surface area contributed by atoms with Crippen LogP contribution >= 0.6 is 0 Å². The van der Waals surface area contributed by atoms with E-state index in [0.717, 1.165) is 31.4 Å². The van der Waals surface area contributed by atoms with E-state index in [-0.39, 0.29) is 48.5 Å². The predicted octanol–water partition coefficient (Wildman–Crippen LogP) is 3.43. The fourth-order valence-electron chi connectivity index (χ4n) is 6.71. The van der Waals surface area contributed by atoms with Crippen molar-refractivity contribution >= 4 is 23.7 Å². The standard InChI is InChI=1S/C32H43N3O6/c1-21(2)25-18-26-32(31(39)40-3,29(41-25)23-12-13-23)19-24(30(38)35(26)20-22-9-5-4-6-10-22)17-27(36)33-14-8-16-34-15-7-11-28(34)37/h4-6,9-10,18,21,23-25,29H,7-8,11-17,19-20H2,1-3H3,(H,33,36)/t24-,25-,29-,32-/m0/s1. The highest BCUT2D eigenvalue weighted by molar-refractivity contribution is 5.93. The third-order valence-electron chi connectivity index (χ3n) is 9.01. The van der Waals surface area contributed by atoms with Crippen LogP contribution in [0.25, 0.3) is 0 Å². The fourth-order valence-corrected chi connectivity index (χ4v) is 6.71. The first kappa shape index (κ1) is 29.3. The summed E-state index contributed by atoms with van der Waals surface area (Å²) in [5.74, 6) is -0.968. The zero-order valence-electron chi connectivity index (χ0n) is 24.5. The van der Waals surface area contributed by atoms with Gasteiger partial charge in [-0.25, -0.2) is 0 Å². The number of rotatable bonds is 11. The Hall–Kier alpha value is -3.20. The van der Waals surface area contributed by atoms with Gasteiger partial charge in [-0.05, 0) is 55.6 Å². The lowest BCUT2D eigenvalue weighted by Gasteiger charge is -2.53. The number of amides is 3. The summed E-state index contributed by atoms with van der Waals surface area (Å²) in [6, 6.07) is 9.72. The SMILES string of the molecule is COC(=O)[C@@]12C[C@H](CC(=O)NCCCN3CCCC3=O)C(=O)N(Cc3ccccc3)C1=C[C@@H](C(C)C)O[C@H]2C1CC1. The fraction of sp³-hybridized carbons (Fsp3) is 0.625. The van der Waals surface area contributed by atoms with E-state index in [1.807, 2.05) is 41.3 Å². The van der Waals surface area contributed by atoms with Crippen LogP contribution in [0.5, 0.6) is 0 Å². The molecule has 4 aliphatic rings. The van der Waals surface area contributed by atoms with Crippen molar-refractivity contribution in [2.75, 3.05) is 26.7 Å². The van der Waals surface area contributed by atoms with E-state index in [1.54, 1.807) is 4.90 Å². The maximum atomic E-state index is 14.2. The number of nitrogens with one attached hydrogen (secondary N) is 1. The van der Waals surface area contributed by atoms with Crippen molar-refractivity contribution < 1.29 is 28.7 Å². The van der Waals surface area contributed by atoms with Crippen LogP contribution in [0.15, 0.2) is 42.1 Å². The van der Waals surface area contributed by atoms with Crippen molar-refractivity contribution in [2.45, 2.75) is 77.5 Å². The average Bonchev–Trinajstić information content (AvgIpc) is 3.73. The number of hydrogen-bond donors (Lipinski definition) is 1. The summed E-state index contributed by atoms with van der Waals surface area (Å²) in [5, 5.41) is 2.94. The lowest BCUT2D eigenvalue weighted by molar-refractivity contribution is -0.182. The second kappa shape index (κ2) is 12.3. The topological polar surface area (TPSA) is 105 Å². The molecular weight excluding hydrogens is 522 g/mol. The van der Waals surface area contributed by atoms with Crippen molar-refractivity contribution in [3.63, 3.8) is 0 Å². The van der Waals surface area contributed by atoms with Gasteiger partial charge < -0.3 is 24.6 Å². The molecular formula is C32H43N3O6. The molecule has 222 valence electrons. The second-order valence-electron chi connectivity index (χ2n) is 12.3. The van der Waals surface area contributed by atoms with E-state index in [4.69, 9.17) is 9.47 Å². The molecule has 2 saturated heterocycles. The smallest absolute Gasteiger partial charge is 0.320 e. The van der Waals surface area contributed by atoms with Gasteiger partial charge in [0.25, 0.3) is 0 Å². The second-order valence-corrected chi connectivity index (χ2v) is 12.3. The Balaban J connectivity index is 1.41. The van der Waals surface area contributed by atoms with Crippen molar-refractivity contribution in [2.24, 2.45) is 23.2 Å². The zero-order chi connectivity index (χ0) is 29.1. The number of hydrogen-bond acceptors (Lipinski definition) is 6. The van der Waals surface area contributed by atoms with Gasteiger partial charge >= 0.3 is 5.97 Å². The molecule has 0 bridgehead atoms. The molecule has 1 aromatic carbocycles. The van der Waals surface area contributed by atoms with Crippen LogP contribution in [-0.2, 0) is 35.2 Å². The number of fused-ring (bicyclic) bond motifs is 1. The number of ether oxygens (including phenoxy) is 2. The van der Waals surface area contributed by atoms with Crippen molar-refractivity contribution in [1.29, 1.82) is 0 Å². The van der Waals surface area contributed by atoms with Gasteiger partial charge in [-0.1, -0.05) is 44.2 Å². The van der Waals surface area contributed by atoms with E-state index in [0.29, 0.717) is 38.2 Å². The number of methoxy groups -OCH3 is 1. The highest BCUT2D eigenvalue weighted by Gasteiger charge is 2.63. The van der Waals surface area contributed by atoms with E-state index < -0.39 is 23.4 Å². The first-order valence-corrected chi connectivity index (χ1v) is 15.1. The summed E-state index contributed by atoms with van der Waals surface area (Å²) >= 11 is 0. The number of carbonyl (C=O) groups excluding carboxylic acids is 4. The molecule has 1 N–H and O–H groups in total. The quantitative estimate of drug-likeness (QED) is 0.326. The molecule has 3 amide bonds. The zero-order valence-corrected chi connectivity index (χ0v) is 24.5. The summed E-state index contributed by atoms with van der Waals surface area (Å²) in [6.07, 6.45) is 5.51. The summed E-state index contributed by atoms with van der Waals surface area (Å²) in [7, 11) is 1.39. The monoisotopic (exact) mass is 565 g/mol. The normalized spacial score (nSPS) is 28.0. The molecule has 1 aliphatic carbocycles. The van der Waals surface area contributed by atoms with Gasteiger partial charge in [0.1, 0.15) is 5.41 Å². The molecule has 3 heterocycles. The first-order valence-electron chi connectivity index (χ1n) is 15.1. The molecule has 1 saturated carbocycles. The van der Waals surface area contributed by atoms with Crippen molar-refractivity contribution in [3.05, 3.63) is 47.7 Å². The van der Waals surface area contributed by atoms with Crippen LogP contribution in [0.1, 0.15) is 64.4 Å². The summed E-state index contributed by atoms with van der Waals surface area (Å²) in [6.45, 7) is 6.27. The Bertz CT molecular complexity index is 1180. The molecule has 5 rings (SSSR count). The number of likely N-dealkylation sites (tertiary alicyclic amines) is 2. The summed E-state index contributed by atoms with van der Waals surface area (Å²) in [5.41, 5.74) is 0.440. The van der Waals surface area contributed by atoms with Crippen LogP contribution < -0.4 is 5.32 Å². The van der Waals surface area contributed by atoms with Crippen LogP contribution in [0.4, 0.5) is 0 Å². The Kier molecular flexibility index (Phi) is 8.82. The first-order chi connectivity index (χ1) is 19.7. The van der Waals surface area contributed by atoms with Crippen LogP contribution in [0.2, 0.25) is 0 Å². The van der Waals surface area contributed by atoms with Crippen molar-refractivity contribution in [1.82, 2.24) is 15.1 Å². The molecule has 0 spiro atoms. The van der Waals surface area contributed by atoms with Gasteiger partial charge in [-0.2, -0.15) is 0 Å². The van der Waals surface area contributed by atoms with Gasteiger partial charge in [0.05, 0.1) is 25.9 Å². The molecule has 3 fully saturated rings. The number of nitrogens with zero attached hydrogens (tertiary/aromatic N) is 2. The van der Waals surface area contributed by atoms with Crippen molar-refractivity contribution in [3.8, 4) is 0 Å². The highest BCUT2D eigenvalue weighted by atomic mass is 16.5. The molecule has 1 aromatic rings. The molecule has 0 aromatic heterocycles. The molecule has 4 atom stereocenters.